The van der Waals surface area contributed by atoms with Crippen LogP contribution in [0.2, 0.25) is 0 Å². The second kappa shape index (κ2) is 10.8. The van der Waals surface area contributed by atoms with E-state index in [0.29, 0.717) is 15.5 Å². The number of nitrogens with zero attached hydrogens (tertiary/aromatic N) is 2. The molecule has 0 N–H and O–H groups in total. The molecule has 1 aliphatic heterocycles. The maximum atomic E-state index is 13.4. The van der Waals surface area contributed by atoms with Gasteiger partial charge in [-0.25, -0.2) is 0 Å². The molecule has 0 atom stereocenters. The molecule has 0 unspecified atom stereocenters. The van der Waals surface area contributed by atoms with Gasteiger partial charge in [0.15, 0.2) is 0 Å². The summed E-state index contributed by atoms with van der Waals surface area (Å²) in [7, 11) is -4.16. The van der Waals surface area contributed by atoms with Crippen molar-refractivity contribution in [2.24, 2.45) is 5.16 Å². The molecule has 7 heteroatoms. The Morgan fingerprint density at radius 2 is 1.51 bits per heavy atom. The van der Waals surface area contributed by atoms with Gasteiger partial charge in [-0.05, 0) is 59.1 Å². The van der Waals surface area contributed by atoms with Gasteiger partial charge in [-0.2, -0.15) is 13.7 Å². The van der Waals surface area contributed by atoms with E-state index in [0.717, 1.165) is 27.8 Å². The highest BCUT2D eigenvalue weighted by atomic mass is 32.2. The topological polar surface area (TPSA) is 79.5 Å². The fourth-order valence-corrected chi connectivity index (χ4v) is 6.10. The van der Waals surface area contributed by atoms with Gasteiger partial charge < -0.3 is 0 Å². The maximum absolute atomic E-state index is 13.4. The van der Waals surface area contributed by atoms with Gasteiger partial charge in [-0.1, -0.05) is 100 Å². The van der Waals surface area contributed by atoms with E-state index in [1.807, 2.05) is 71.0 Å². The van der Waals surface area contributed by atoms with Crippen molar-refractivity contribution in [1.29, 1.82) is 5.26 Å². The van der Waals surface area contributed by atoms with Crippen molar-refractivity contribution in [3.05, 3.63) is 81.3 Å². The van der Waals surface area contributed by atoms with Crippen LogP contribution in [0.25, 0.3) is 5.57 Å². The van der Waals surface area contributed by atoms with Crippen molar-refractivity contribution in [3.63, 3.8) is 0 Å². The summed E-state index contributed by atoms with van der Waals surface area (Å²) in [5.41, 5.74) is 4.99. The molecule has 5 nitrogen and oxygen atoms in total. The predicted molar refractivity (Wildman–Crippen MR) is 145 cm³/mol. The Bertz CT molecular complexity index is 1310. The van der Waals surface area contributed by atoms with Crippen LogP contribution in [-0.2, 0) is 14.4 Å². The summed E-state index contributed by atoms with van der Waals surface area (Å²) in [5.74, 6) is 0.265. The molecule has 0 spiro atoms. The van der Waals surface area contributed by atoms with Crippen LogP contribution in [-0.4, -0.2) is 13.5 Å². The SMILES string of the molecule is Cc1ccc(C(C#N)=C2C=CC(=NOS(=O)(=O)c3c(C(C)C)cc(C(C)C)cc3C(C)C)S2)cc1. The first-order valence-electron chi connectivity index (χ1n) is 11.7. The summed E-state index contributed by atoms with van der Waals surface area (Å²) in [5, 5.41) is 14.0. The lowest BCUT2D eigenvalue weighted by atomic mass is 9.89. The van der Waals surface area contributed by atoms with E-state index in [4.69, 9.17) is 4.28 Å². The van der Waals surface area contributed by atoms with Crippen LogP contribution in [0, 0.1) is 18.3 Å². The van der Waals surface area contributed by atoms with Gasteiger partial charge in [0, 0.05) is 4.91 Å². The minimum atomic E-state index is -4.16. The first kappa shape index (κ1) is 26.8. The molecular weight excluding hydrogens is 476 g/mol. The van der Waals surface area contributed by atoms with Crippen molar-refractivity contribution < 1.29 is 12.7 Å². The standard InChI is InChI=1S/C28H32N2O3S2/c1-17(2)22-14-23(18(3)4)28(24(15-22)19(5)6)35(31,32)33-30-27-13-12-26(34-27)25(16-29)21-10-8-20(7)9-11-21/h8-15,17-19H,1-7H3. The molecule has 0 aliphatic carbocycles. The molecule has 2 aromatic carbocycles. The van der Waals surface area contributed by atoms with Crippen molar-refractivity contribution in [2.75, 3.05) is 0 Å². The molecule has 1 heterocycles. The predicted octanol–water partition coefficient (Wildman–Crippen LogP) is 7.62. The van der Waals surface area contributed by atoms with E-state index < -0.39 is 10.1 Å². The number of aryl methyl sites for hydroxylation is 1. The molecule has 0 saturated heterocycles. The summed E-state index contributed by atoms with van der Waals surface area (Å²) >= 11 is 1.21. The van der Waals surface area contributed by atoms with Crippen LogP contribution in [0.15, 0.2) is 63.5 Å². The van der Waals surface area contributed by atoms with Gasteiger partial charge >= 0.3 is 10.1 Å². The van der Waals surface area contributed by atoms with Crippen molar-refractivity contribution in [3.8, 4) is 6.07 Å². The molecule has 3 rings (SSSR count). The fraction of sp³-hybridized carbons (Fsp3) is 0.357. The molecule has 184 valence electrons. The highest BCUT2D eigenvalue weighted by Gasteiger charge is 2.29. The van der Waals surface area contributed by atoms with E-state index in [2.05, 4.69) is 25.1 Å². The molecule has 35 heavy (non-hydrogen) atoms. The van der Waals surface area contributed by atoms with Crippen molar-refractivity contribution in [1.82, 2.24) is 0 Å². The van der Waals surface area contributed by atoms with Crippen LogP contribution >= 0.6 is 11.8 Å². The minimum absolute atomic E-state index is 0.00443. The quantitative estimate of drug-likeness (QED) is 0.284. The summed E-state index contributed by atoms with van der Waals surface area (Å²) < 4.78 is 32.1. The highest BCUT2D eigenvalue weighted by Crippen LogP contribution is 2.37. The largest absolute Gasteiger partial charge is 0.359 e. The Morgan fingerprint density at radius 3 is 2.00 bits per heavy atom. The average Bonchev–Trinajstić information content (AvgIpc) is 3.27. The zero-order chi connectivity index (χ0) is 25.9. The Morgan fingerprint density at radius 1 is 0.943 bits per heavy atom. The van der Waals surface area contributed by atoms with Gasteiger partial charge in [-0.15, -0.1) is 0 Å². The summed E-state index contributed by atoms with van der Waals surface area (Å²) in [6, 6.07) is 13.9. The van der Waals surface area contributed by atoms with E-state index in [9.17, 15) is 13.7 Å². The number of hydrogen-bond donors (Lipinski definition) is 0. The smallest absolute Gasteiger partial charge is 0.264 e. The van der Waals surface area contributed by atoms with Crippen LogP contribution in [0.3, 0.4) is 0 Å². The second-order valence-corrected chi connectivity index (χ2v) is 12.1. The Hall–Kier alpha value is -2.82. The van der Waals surface area contributed by atoms with Crippen molar-refractivity contribution >= 4 is 32.5 Å². The highest BCUT2D eigenvalue weighted by molar-refractivity contribution is 8.18. The number of benzene rings is 2. The molecule has 0 bridgehead atoms. The van der Waals surface area contributed by atoms with E-state index in [1.54, 1.807) is 12.2 Å². The molecule has 1 aliphatic rings. The van der Waals surface area contributed by atoms with Crippen LogP contribution in [0.4, 0.5) is 0 Å². The Balaban J connectivity index is 1.96. The Kier molecular flexibility index (Phi) is 8.30. The first-order chi connectivity index (χ1) is 16.4. The van der Waals surface area contributed by atoms with Gasteiger partial charge in [0.2, 0.25) is 0 Å². The monoisotopic (exact) mass is 508 g/mol. The van der Waals surface area contributed by atoms with Gasteiger partial charge in [0.1, 0.15) is 16.0 Å². The van der Waals surface area contributed by atoms with Gasteiger partial charge in [0.25, 0.3) is 0 Å². The molecule has 0 amide bonds. The maximum Gasteiger partial charge on any atom is 0.359 e. The number of hydrogen-bond acceptors (Lipinski definition) is 6. The normalized spacial score (nSPS) is 16.4. The van der Waals surface area contributed by atoms with Crippen LogP contribution < -0.4 is 0 Å². The summed E-state index contributed by atoms with van der Waals surface area (Å²) in [6.45, 7) is 14.1. The lowest BCUT2D eigenvalue weighted by Crippen LogP contribution is -2.13. The average molecular weight is 509 g/mol. The van der Waals surface area contributed by atoms with Crippen molar-refractivity contribution in [2.45, 2.75) is 71.1 Å². The molecule has 0 aromatic heterocycles. The number of thioether (sulfide) groups is 1. The number of nitriles is 1. The van der Waals surface area contributed by atoms with Crippen LogP contribution in [0.5, 0.6) is 0 Å². The number of oxime groups is 1. The lowest BCUT2D eigenvalue weighted by Gasteiger charge is -2.21. The second-order valence-electron chi connectivity index (χ2n) is 9.60. The van der Waals surface area contributed by atoms with Gasteiger partial charge in [-0.3, -0.25) is 4.28 Å². The third-order valence-electron chi connectivity index (χ3n) is 5.85. The summed E-state index contributed by atoms with van der Waals surface area (Å²) in [4.78, 5) is 0.902. The zero-order valence-electron chi connectivity index (χ0n) is 21.3. The van der Waals surface area contributed by atoms with Crippen LogP contribution in [0.1, 0.15) is 87.1 Å². The molecule has 0 radical (unpaired) electrons. The molecular formula is C28H32N2O3S2. The first-order valence-corrected chi connectivity index (χ1v) is 13.9. The van der Waals surface area contributed by atoms with E-state index >= 15 is 0 Å². The molecule has 0 saturated carbocycles. The molecule has 2 aromatic rings. The number of rotatable bonds is 7. The zero-order valence-corrected chi connectivity index (χ0v) is 22.9. The van der Waals surface area contributed by atoms with Gasteiger partial charge in [0.05, 0.1) is 5.57 Å². The van der Waals surface area contributed by atoms with E-state index in [1.165, 1.54) is 11.8 Å². The Labute approximate surface area is 213 Å². The minimum Gasteiger partial charge on any atom is -0.264 e. The third-order valence-corrected chi connectivity index (χ3v) is 8.07. The summed E-state index contributed by atoms with van der Waals surface area (Å²) in [6.07, 6.45) is 3.42. The lowest BCUT2D eigenvalue weighted by molar-refractivity contribution is 0.339. The third kappa shape index (κ3) is 6.06. The fourth-order valence-electron chi connectivity index (χ4n) is 3.79. The number of allylic oxidation sites excluding steroid dienone is 2. The van der Waals surface area contributed by atoms with E-state index in [-0.39, 0.29) is 22.6 Å². The molecule has 0 fully saturated rings.